The van der Waals surface area contributed by atoms with E-state index in [0.717, 1.165) is 35.2 Å². The molecular formula is C17H24ClN5. The molecule has 0 saturated carbocycles. The number of halogens is 1. The Labute approximate surface area is 142 Å². The molecule has 0 aliphatic carbocycles. The van der Waals surface area contributed by atoms with Crippen molar-refractivity contribution in [2.75, 3.05) is 13.6 Å². The second-order valence-electron chi connectivity index (χ2n) is 5.47. The SMILES string of the molecule is CN=C(NCCc1ccccc1Cl)NCc1c(C)nn(C)c1C. The number of hydrogen-bond donors (Lipinski definition) is 2. The van der Waals surface area contributed by atoms with E-state index in [-0.39, 0.29) is 0 Å². The molecule has 6 heteroatoms. The molecule has 5 nitrogen and oxygen atoms in total. The van der Waals surface area contributed by atoms with Crippen LogP contribution < -0.4 is 10.6 Å². The monoisotopic (exact) mass is 333 g/mol. The number of aromatic nitrogens is 2. The quantitative estimate of drug-likeness (QED) is 0.653. The summed E-state index contributed by atoms with van der Waals surface area (Å²) < 4.78 is 1.90. The molecule has 0 fully saturated rings. The Hall–Kier alpha value is -2.01. The molecular weight excluding hydrogens is 310 g/mol. The fourth-order valence-corrected chi connectivity index (χ4v) is 2.71. The average Bonchev–Trinajstić information content (AvgIpc) is 2.78. The fourth-order valence-electron chi connectivity index (χ4n) is 2.48. The van der Waals surface area contributed by atoms with Crippen LogP contribution >= 0.6 is 11.6 Å². The van der Waals surface area contributed by atoms with E-state index in [1.165, 1.54) is 11.3 Å². The van der Waals surface area contributed by atoms with E-state index >= 15 is 0 Å². The zero-order chi connectivity index (χ0) is 16.8. The number of aryl methyl sites for hydroxylation is 2. The van der Waals surface area contributed by atoms with Crippen molar-refractivity contribution in [3.05, 3.63) is 51.8 Å². The minimum absolute atomic E-state index is 0.706. The summed E-state index contributed by atoms with van der Waals surface area (Å²) in [5.41, 5.74) is 4.56. The van der Waals surface area contributed by atoms with Crippen LogP contribution in [0.2, 0.25) is 5.02 Å². The lowest BCUT2D eigenvalue weighted by Crippen LogP contribution is -2.38. The van der Waals surface area contributed by atoms with Crippen LogP contribution in [-0.4, -0.2) is 29.3 Å². The van der Waals surface area contributed by atoms with Gasteiger partial charge in [0.25, 0.3) is 0 Å². The predicted octanol–water partition coefficient (Wildman–Crippen LogP) is 2.60. The predicted molar refractivity (Wildman–Crippen MR) is 96.0 cm³/mol. The van der Waals surface area contributed by atoms with Gasteiger partial charge < -0.3 is 10.6 Å². The van der Waals surface area contributed by atoms with Gasteiger partial charge in [-0.25, -0.2) is 0 Å². The standard InChI is InChI=1S/C17H24ClN5/c1-12-15(13(2)23(4)22-12)11-21-17(19-3)20-10-9-14-7-5-6-8-16(14)18/h5-8H,9-11H2,1-4H3,(H2,19,20,21). The highest BCUT2D eigenvalue weighted by Crippen LogP contribution is 2.14. The van der Waals surface area contributed by atoms with Crippen molar-refractivity contribution in [3.63, 3.8) is 0 Å². The third kappa shape index (κ3) is 4.48. The fraction of sp³-hybridized carbons (Fsp3) is 0.412. The summed E-state index contributed by atoms with van der Waals surface area (Å²) in [6.45, 7) is 5.58. The number of guanidine groups is 1. The molecule has 2 N–H and O–H groups in total. The second-order valence-corrected chi connectivity index (χ2v) is 5.87. The van der Waals surface area contributed by atoms with E-state index in [9.17, 15) is 0 Å². The van der Waals surface area contributed by atoms with Crippen LogP contribution in [0.3, 0.4) is 0 Å². The van der Waals surface area contributed by atoms with Crippen molar-refractivity contribution in [2.45, 2.75) is 26.8 Å². The summed E-state index contributed by atoms with van der Waals surface area (Å²) in [7, 11) is 3.73. The molecule has 0 aliphatic heterocycles. The Morgan fingerprint density at radius 1 is 1.26 bits per heavy atom. The van der Waals surface area contributed by atoms with Crippen LogP contribution in [0, 0.1) is 13.8 Å². The first kappa shape index (κ1) is 17.3. The molecule has 0 atom stereocenters. The van der Waals surface area contributed by atoms with Crippen molar-refractivity contribution in [1.29, 1.82) is 0 Å². The van der Waals surface area contributed by atoms with Crippen molar-refractivity contribution in [2.24, 2.45) is 12.0 Å². The Morgan fingerprint density at radius 2 is 2.00 bits per heavy atom. The number of aliphatic imine (C=N–C) groups is 1. The van der Waals surface area contributed by atoms with E-state index in [1.54, 1.807) is 7.05 Å². The van der Waals surface area contributed by atoms with Crippen molar-refractivity contribution >= 4 is 17.6 Å². The lowest BCUT2D eigenvalue weighted by molar-refractivity contribution is 0.728. The Morgan fingerprint density at radius 3 is 2.61 bits per heavy atom. The van der Waals surface area contributed by atoms with Crippen LogP contribution in [0.1, 0.15) is 22.5 Å². The molecule has 2 rings (SSSR count). The minimum atomic E-state index is 0.706. The lowest BCUT2D eigenvalue weighted by Gasteiger charge is -2.12. The van der Waals surface area contributed by atoms with E-state index in [2.05, 4.69) is 27.6 Å². The molecule has 23 heavy (non-hydrogen) atoms. The third-order valence-corrected chi connectivity index (χ3v) is 4.33. The summed E-state index contributed by atoms with van der Waals surface area (Å²) in [6, 6.07) is 7.90. The number of hydrogen-bond acceptors (Lipinski definition) is 2. The van der Waals surface area contributed by atoms with Gasteiger partial charge in [-0.05, 0) is 31.9 Å². The molecule has 124 valence electrons. The first-order chi connectivity index (χ1) is 11.0. The smallest absolute Gasteiger partial charge is 0.191 e. The van der Waals surface area contributed by atoms with E-state index in [0.29, 0.717) is 6.54 Å². The largest absolute Gasteiger partial charge is 0.356 e. The molecule has 0 aliphatic rings. The van der Waals surface area contributed by atoms with E-state index in [4.69, 9.17) is 11.6 Å². The van der Waals surface area contributed by atoms with E-state index in [1.807, 2.05) is 42.9 Å². The zero-order valence-electron chi connectivity index (χ0n) is 14.2. The van der Waals surface area contributed by atoms with Crippen molar-refractivity contribution in [1.82, 2.24) is 20.4 Å². The number of nitrogens with one attached hydrogen (secondary N) is 2. The highest BCUT2D eigenvalue weighted by atomic mass is 35.5. The molecule has 2 aromatic rings. The maximum Gasteiger partial charge on any atom is 0.191 e. The summed E-state index contributed by atoms with van der Waals surface area (Å²) in [4.78, 5) is 4.26. The van der Waals surface area contributed by atoms with Gasteiger partial charge in [0, 0.05) is 43.5 Å². The topological polar surface area (TPSA) is 54.2 Å². The first-order valence-corrected chi connectivity index (χ1v) is 8.07. The maximum absolute atomic E-state index is 6.17. The average molecular weight is 334 g/mol. The number of nitrogens with zero attached hydrogens (tertiary/aromatic N) is 3. The highest BCUT2D eigenvalue weighted by Gasteiger charge is 2.09. The Balaban J connectivity index is 1.85. The molecule has 1 heterocycles. The molecule has 0 amide bonds. The highest BCUT2D eigenvalue weighted by molar-refractivity contribution is 6.31. The summed E-state index contributed by atoms with van der Waals surface area (Å²) in [6.07, 6.45) is 0.853. The van der Waals surface area contributed by atoms with Gasteiger partial charge in [0.2, 0.25) is 0 Å². The lowest BCUT2D eigenvalue weighted by atomic mass is 10.1. The first-order valence-electron chi connectivity index (χ1n) is 7.70. The van der Waals surface area contributed by atoms with Crippen molar-refractivity contribution < 1.29 is 0 Å². The zero-order valence-corrected chi connectivity index (χ0v) is 14.9. The third-order valence-electron chi connectivity index (χ3n) is 3.96. The van der Waals surface area contributed by atoms with Crippen molar-refractivity contribution in [3.8, 4) is 0 Å². The van der Waals surface area contributed by atoms with Gasteiger partial charge in [-0.15, -0.1) is 0 Å². The maximum atomic E-state index is 6.17. The summed E-state index contributed by atoms with van der Waals surface area (Å²) in [5.74, 6) is 0.778. The summed E-state index contributed by atoms with van der Waals surface area (Å²) in [5, 5.41) is 11.9. The van der Waals surface area contributed by atoms with Gasteiger partial charge in [0.15, 0.2) is 5.96 Å². The van der Waals surface area contributed by atoms with Crippen LogP contribution in [0.15, 0.2) is 29.3 Å². The van der Waals surface area contributed by atoms with Crippen LogP contribution in [0.5, 0.6) is 0 Å². The Bertz CT molecular complexity index is 690. The molecule has 0 bridgehead atoms. The molecule has 0 unspecified atom stereocenters. The van der Waals surface area contributed by atoms with Gasteiger partial charge in [0.1, 0.15) is 0 Å². The summed E-state index contributed by atoms with van der Waals surface area (Å²) >= 11 is 6.17. The molecule has 1 aromatic carbocycles. The minimum Gasteiger partial charge on any atom is -0.356 e. The second kappa shape index (κ2) is 8.02. The number of rotatable bonds is 5. The van der Waals surface area contributed by atoms with Gasteiger partial charge in [-0.2, -0.15) is 5.10 Å². The molecule has 0 radical (unpaired) electrons. The van der Waals surface area contributed by atoms with Crippen LogP contribution in [-0.2, 0) is 20.0 Å². The van der Waals surface area contributed by atoms with Gasteiger partial charge >= 0.3 is 0 Å². The van der Waals surface area contributed by atoms with Gasteiger partial charge in [0.05, 0.1) is 5.69 Å². The van der Waals surface area contributed by atoms with Gasteiger partial charge in [-0.1, -0.05) is 29.8 Å². The molecule has 0 spiro atoms. The van der Waals surface area contributed by atoms with Crippen LogP contribution in [0.25, 0.3) is 0 Å². The Kier molecular flexibility index (Phi) is 6.04. The normalized spacial score (nSPS) is 11.6. The van der Waals surface area contributed by atoms with E-state index < -0.39 is 0 Å². The molecule has 1 aromatic heterocycles. The van der Waals surface area contributed by atoms with Crippen LogP contribution in [0.4, 0.5) is 0 Å². The molecule has 0 saturated heterocycles. The number of benzene rings is 1. The van der Waals surface area contributed by atoms with Gasteiger partial charge in [-0.3, -0.25) is 9.67 Å².